The lowest BCUT2D eigenvalue weighted by Crippen LogP contribution is -2.27. The van der Waals surface area contributed by atoms with Gasteiger partial charge in [0.15, 0.2) is 0 Å². The van der Waals surface area contributed by atoms with E-state index in [2.05, 4.69) is 45.2 Å². The monoisotopic (exact) mass is 721 g/mol. The van der Waals surface area contributed by atoms with Gasteiger partial charge in [-0.2, -0.15) is 0 Å². The minimum Gasteiger partial charge on any atom is -0.487 e. The summed E-state index contributed by atoms with van der Waals surface area (Å²) in [7, 11) is 0. The largest absolute Gasteiger partial charge is 0.487 e. The average Bonchev–Trinajstić information content (AvgIpc) is 3.03. The van der Waals surface area contributed by atoms with Crippen LogP contribution in [0.5, 0.6) is 5.75 Å². The Morgan fingerprint density at radius 3 is 2.00 bits per heavy atom. The van der Waals surface area contributed by atoms with Crippen molar-refractivity contribution in [1.82, 2.24) is 4.90 Å². The Hall–Kier alpha value is -1.27. The van der Waals surface area contributed by atoms with E-state index in [4.69, 9.17) is 27.9 Å². The van der Waals surface area contributed by atoms with Gasteiger partial charge in [0.05, 0.1) is 18.6 Å². The van der Waals surface area contributed by atoms with Gasteiger partial charge in [0, 0.05) is 10.0 Å². The van der Waals surface area contributed by atoms with E-state index in [-0.39, 0.29) is 17.7 Å². The molecule has 3 aromatic carbocycles. The Kier molecular flexibility index (Phi) is 8.27. The SMILES string of the molecule is O=C1S/C(=C\c2cc(I)c(OCc3ccc(Cl)cc3)c(I)c2)C(=O)N1Cc1ccc(Cl)cc1. The highest BCUT2D eigenvalue weighted by Gasteiger charge is 2.35. The summed E-state index contributed by atoms with van der Waals surface area (Å²) in [5.74, 6) is 0.479. The van der Waals surface area contributed by atoms with Crippen molar-refractivity contribution >= 4 is 97.4 Å². The first-order valence-corrected chi connectivity index (χ1v) is 13.4. The van der Waals surface area contributed by atoms with Gasteiger partial charge >= 0.3 is 0 Å². The molecule has 1 aliphatic rings. The molecule has 2 amide bonds. The fraction of sp³-hybridized carbons (Fsp3) is 0.0833. The highest BCUT2D eigenvalue weighted by atomic mass is 127. The van der Waals surface area contributed by atoms with E-state index < -0.39 is 0 Å². The number of halogens is 4. The zero-order valence-electron chi connectivity index (χ0n) is 16.9. The lowest BCUT2D eigenvalue weighted by molar-refractivity contribution is -0.123. The van der Waals surface area contributed by atoms with Gasteiger partial charge in [-0.15, -0.1) is 0 Å². The lowest BCUT2D eigenvalue weighted by atomic mass is 10.2. The molecule has 0 N–H and O–H groups in total. The number of rotatable bonds is 6. The molecule has 1 saturated heterocycles. The van der Waals surface area contributed by atoms with Crippen LogP contribution < -0.4 is 4.74 Å². The number of carbonyl (C=O) groups is 2. The van der Waals surface area contributed by atoms with E-state index in [1.54, 1.807) is 18.2 Å². The summed E-state index contributed by atoms with van der Waals surface area (Å²) < 4.78 is 7.86. The molecule has 1 aliphatic heterocycles. The van der Waals surface area contributed by atoms with Crippen LogP contribution in [0.2, 0.25) is 10.0 Å². The van der Waals surface area contributed by atoms with Gasteiger partial charge in [0.25, 0.3) is 11.1 Å². The molecule has 0 saturated carbocycles. The molecule has 4 rings (SSSR count). The van der Waals surface area contributed by atoms with Gasteiger partial charge in [0.1, 0.15) is 12.4 Å². The Morgan fingerprint density at radius 2 is 1.42 bits per heavy atom. The van der Waals surface area contributed by atoms with Gasteiger partial charge in [-0.25, -0.2) is 0 Å². The van der Waals surface area contributed by atoms with Gasteiger partial charge in [0.2, 0.25) is 0 Å². The van der Waals surface area contributed by atoms with Gasteiger partial charge < -0.3 is 4.74 Å². The summed E-state index contributed by atoms with van der Waals surface area (Å²) >= 11 is 17.2. The molecule has 3 aromatic rings. The van der Waals surface area contributed by atoms with Crippen LogP contribution >= 0.6 is 80.1 Å². The first-order chi connectivity index (χ1) is 15.8. The molecule has 9 heteroatoms. The Balaban J connectivity index is 1.49. The second kappa shape index (κ2) is 11.0. The quantitative estimate of drug-likeness (QED) is 0.191. The normalized spacial score (nSPS) is 14.9. The van der Waals surface area contributed by atoms with E-state index in [0.717, 1.165) is 41.3 Å². The third-order valence-electron chi connectivity index (χ3n) is 4.74. The van der Waals surface area contributed by atoms with Gasteiger partial charge in [-0.3, -0.25) is 14.5 Å². The van der Waals surface area contributed by atoms with Crippen molar-refractivity contribution < 1.29 is 14.3 Å². The molecule has 33 heavy (non-hydrogen) atoms. The standard InChI is InChI=1S/C24H15Cl2I2NO3S/c25-17-5-1-14(2-6-17)12-29-23(30)21(33-24(29)31)11-16-9-19(27)22(20(28)10-16)32-13-15-3-7-18(26)8-4-15/h1-11H,12-13H2/b21-11-. The third-order valence-corrected chi connectivity index (χ3v) is 7.76. The van der Waals surface area contributed by atoms with Crippen LogP contribution in [0.25, 0.3) is 6.08 Å². The van der Waals surface area contributed by atoms with Crippen LogP contribution in [0.15, 0.2) is 65.6 Å². The predicted octanol–water partition coefficient (Wildman–Crippen LogP) is 8.02. The van der Waals surface area contributed by atoms with E-state index in [9.17, 15) is 9.59 Å². The molecule has 1 heterocycles. The maximum Gasteiger partial charge on any atom is 0.293 e. The smallest absolute Gasteiger partial charge is 0.293 e. The molecule has 0 aliphatic carbocycles. The predicted molar refractivity (Wildman–Crippen MR) is 151 cm³/mol. The fourth-order valence-electron chi connectivity index (χ4n) is 3.10. The van der Waals surface area contributed by atoms with Gasteiger partial charge in [-0.05, 0) is 116 Å². The van der Waals surface area contributed by atoms with Crippen LogP contribution in [0.1, 0.15) is 16.7 Å². The number of hydrogen-bond donors (Lipinski definition) is 0. The second-order valence-corrected chi connectivity index (χ2v) is 11.3. The van der Waals surface area contributed by atoms with Gasteiger partial charge in [-0.1, -0.05) is 47.5 Å². The highest BCUT2D eigenvalue weighted by molar-refractivity contribution is 14.1. The molecule has 1 fully saturated rings. The van der Waals surface area contributed by atoms with Crippen LogP contribution in [0, 0.1) is 7.14 Å². The number of hydrogen-bond acceptors (Lipinski definition) is 4. The Labute approximate surface area is 232 Å². The molecule has 4 nitrogen and oxygen atoms in total. The summed E-state index contributed by atoms with van der Waals surface area (Å²) in [4.78, 5) is 27.0. The minimum absolute atomic E-state index is 0.214. The third kappa shape index (κ3) is 6.25. The maximum absolute atomic E-state index is 12.9. The van der Waals surface area contributed by atoms with Crippen LogP contribution in [-0.4, -0.2) is 16.0 Å². The lowest BCUT2D eigenvalue weighted by Gasteiger charge is -2.13. The van der Waals surface area contributed by atoms with Crippen molar-refractivity contribution in [2.75, 3.05) is 0 Å². The topological polar surface area (TPSA) is 46.6 Å². The number of thioether (sulfide) groups is 1. The van der Waals surface area contributed by atoms with E-state index in [0.29, 0.717) is 21.6 Å². The zero-order valence-corrected chi connectivity index (χ0v) is 23.5. The van der Waals surface area contributed by atoms with Crippen LogP contribution in [-0.2, 0) is 17.9 Å². The molecular weight excluding hydrogens is 707 g/mol. The van der Waals surface area contributed by atoms with Crippen molar-refractivity contribution in [3.05, 3.63) is 99.4 Å². The molecule has 168 valence electrons. The summed E-state index contributed by atoms with van der Waals surface area (Å²) in [6.45, 7) is 0.637. The molecule has 0 spiro atoms. The fourth-order valence-corrected chi connectivity index (χ4v) is 6.31. The number of carbonyl (C=O) groups excluding carboxylic acids is 2. The van der Waals surface area contributed by atoms with Crippen molar-refractivity contribution in [3.8, 4) is 5.75 Å². The maximum atomic E-state index is 12.9. The van der Waals surface area contributed by atoms with Crippen molar-refractivity contribution in [1.29, 1.82) is 0 Å². The Bertz CT molecular complexity index is 1220. The first kappa shape index (κ1) is 24.8. The number of nitrogens with zero attached hydrogens (tertiary/aromatic N) is 1. The minimum atomic E-state index is -0.298. The molecule has 0 unspecified atom stereocenters. The van der Waals surface area contributed by atoms with Crippen LogP contribution in [0.3, 0.4) is 0 Å². The molecule has 0 atom stereocenters. The molecule has 0 radical (unpaired) electrons. The van der Waals surface area contributed by atoms with E-state index in [1.165, 1.54) is 4.90 Å². The zero-order chi connectivity index (χ0) is 23.5. The van der Waals surface area contributed by atoms with Crippen LogP contribution in [0.4, 0.5) is 4.79 Å². The number of imide groups is 1. The van der Waals surface area contributed by atoms with Crippen molar-refractivity contribution in [2.24, 2.45) is 0 Å². The van der Waals surface area contributed by atoms with E-state index in [1.807, 2.05) is 48.5 Å². The average molecular weight is 722 g/mol. The number of benzene rings is 3. The summed E-state index contributed by atoms with van der Waals surface area (Å²) in [6.07, 6.45) is 1.75. The second-order valence-electron chi connectivity index (χ2n) is 7.12. The number of ether oxygens (including phenoxy) is 1. The summed E-state index contributed by atoms with van der Waals surface area (Å²) in [6, 6.07) is 18.5. The highest BCUT2D eigenvalue weighted by Crippen LogP contribution is 2.35. The van der Waals surface area contributed by atoms with Crippen molar-refractivity contribution in [2.45, 2.75) is 13.2 Å². The number of amides is 2. The van der Waals surface area contributed by atoms with Crippen molar-refractivity contribution in [3.63, 3.8) is 0 Å². The van der Waals surface area contributed by atoms with E-state index >= 15 is 0 Å². The molecule has 0 bridgehead atoms. The molecular formula is C24H15Cl2I2NO3S. The Morgan fingerprint density at radius 1 is 0.879 bits per heavy atom. The first-order valence-electron chi connectivity index (χ1n) is 9.66. The summed E-state index contributed by atoms with van der Waals surface area (Å²) in [5.41, 5.74) is 2.69. The summed E-state index contributed by atoms with van der Waals surface area (Å²) in [5, 5.41) is 1.01. The molecule has 0 aromatic heterocycles.